The first-order valence-electron chi connectivity index (χ1n) is 10.1. The van der Waals surface area contributed by atoms with Crippen LogP contribution >= 0.6 is 0 Å². The Morgan fingerprint density at radius 1 is 1.14 bits per heavy atom. The number of furan rings is 1. The van der Waals surface area contributed by atoms with Crippen molar-refractivity contribution in [2.24, 2.45) is 10.7 Å². The average molecular weight is 374 g/mol. The summed E-state index contributed by atoms with van der Waals surface area (Å²) in [5.74, 6) is 1.62. The highest BCUT2D eigenvalue weighted by Gasteiger charge is 2.31. The van der Waals surface area contributed by atoms with Crippen LogP contribution in [0.3, 0.4) is 0 Å². The lowest BCUT2D eigenvalue weighted by atomic mass is 10.0. The molecule has 5 nitrogen and oxygen atoms in total. The molecule has 0 spiro atoms. The Hall–Kier alpha value is -2.63. The number of likely N-dealkylation sites (tertiary alicyclic amines) is 1. The molecule has 144 valence electrons. The molecule has 2 N–H and O–H groups in total. The van der Waals surface area contributed by atoms with Gasteiger partial charge in [0.25, 0.3) is 0 Å². The first kappa shape index (κ1) is 17.5. The number of amidine groups is 1. The molecule has 1 fully saturated rings. The van der Waals surface area contributed by atoms with Crippen LogP contribution in [0.4, 0.5) is 5.69 Å². The predicted molar refractivity (Wildman–Crippen MR) is 113 cm³/mol. The number of aliphatic imine (C=N–C) groups is 1. The third-order valence-corrected chi connectivity index (χ3v) is 6.11. The fraction of sp³-hybridized carbons (Fsp3) is 0.348. The summed E-state index contributed by atoms with van der Waals surface area (Å²) < 4.78 is 6.16. The summed E-state index contributed by atoms with van der Waals surface area (Å²) >= 11 is 0. The van der Waals surface area contributed by atoms with E-state index in [1.165, 1.54) is 19.4 Å². The van der Waals surface area contributed by atoms with E-state index in [0.717, 1.165) is 46.8 Å². The van der Waals surface area contributed by atoms with Crippen molar-refractivity contribution in [2.45, 2.75) is 31.5 Å². The van der Waals surface area contributed by atoms with Crippen molar-refractivity contribution >= 4 is 22.5 Å². The van der Waals surface area contributed by atoms with Crippen molar-refractivity contribution in [1.29, 1.82) is 0 Å². The number of para-hydroxylation sites is 2. The van der Waals surface area contributed by atoms with Gasteiger partial charge in [0.15, 0.2) is 11.6 Å². The zero-order chi connectivity index (χ0) is 19.1. The maximum Gasteiger partial charge on any atom is 0.174 e. The predicted octanol–water partition coefficient (Wildman–Crippen LogP) is 4.27. The molecule has 2 aliphatic rings. The zero-order valence-corrected chi connectivity index (χ0v) is 16.2. The molecule has 1 saturated heterocycles. The third-order valence-electron chi connectivity index (χ3n) is 6.11. The Kier molecular flexibility index (Phi) is 4.41. The van der Waals surface area contributed by atoms with Gasteiger partial charge in [0.2, 0.25) is 0 Å². The van der Waals surface area contributed by atoms with E-state index in [2.05, 4.69) is 35.0 Å². The molecule has 0 aliphatic carbocycles. The van der Waals surface area contributed by atoms with Gasteiger partial charge in [-0.05, 0) is 51.1 Å². The van der Waals surface area contributed by atoms with Crippen molar-refractivity contribution in [1.82, 2.24) is 9.80 Å². The maximum atomic E-state index is 6.72. The smallest absolute Gasteiger partial charge is 0.174 e. The standard InChI is InChI=1S/C23H26N4O/c1-26-13-6-8-17(26)12-14-27-22(24)18-9-3-4-10-19(18)25-23(27)21-15-16-7-2-5-11-20(16)28-21/h2-5,7,9-11,15,17,22H,6,8,12-14,24H2,1H3. The lowest BCUT2D eigenvalue weighted by molar-refractivity contribution is 0.244. The molecule has 3 heterocycles. The van der Waals surface area contributed by atoms with E-state index < -0.39 is 0 Å². The van der Waals surface area contributed by atoms with Gasteiger partial charge in [-0.1, -0.05) is 36.4 Å². The van der Waals surface area contributed by atoms with Crippen molar-refractivity contribution in [3.63, 3.8) is 0 Å². The van der Waals surface area contributed by atoms with Crippen molar-refractivity contribution in [3.05, 3.63) is 65.9 Å². The van der Waals surface area contributed by atoms with E-state index in [0.29, 0.717) is 6.04 Å². The van der Waals surface area contributed by atoms with Gasteiger partial charge in [0.1, 0.15) is 11.7 Å². The van der Waals surface area contributed by atoms with Crippen molar-refractivity contribution in [2.75, 3.05) is 20.1 Å². The summed E-state index contributed by atoms with van der Waals surface area (Å²) in [7, 11) is 2.22. The molecule has 5 heteroatoms. The Bertz CT molecular complexity index is 991. The third kappa shape index (κ3) is 3.01. The van der Waals surface area contributed by atoms with E-state index in [-0.39, 0.29) is 6.17 Å². The van der Waals surface area contributed by atoms with Gasteiger partial charge < -0.3 is 20.0 Å². The summed E-state index contributed by atoms with van der Waals surface area (Å²) in [6.45, 7) is 2.05. The van der Waals surface area contributed by atoms with Gasteiger partial charge in [-0.2, -0.15) is 0 Å². The number of nitrogens with two attached hydrogens (primary N) is 1. The first-order valence-corrected chi connectivity index (χ1v) is 10.1. The molecule has 5 rings (SSSR count). The molecule has 2 unspecified atom stereocenters. The van der Waals surface area contributed by atoms with Gasteiger partial charge in [0, 0.05) is 23.5 Å². The monoisotopic (exact) mass is 374 g/mol. The van der Waals surface area contributed by atoms with Crippen LogP contribution in [0.25, 0.3) is 11.0 Å². The van der Waals surface area contributed by atoms with Crippen LogP contribution in [0.2, 0.25) is 0 Å². The summed E-state index contributed by atoms with van der Waals surface area (Å²) in [5.41, 5.74) is 9.60. The van der Waals surface area contributed by atoms with Gasteiger partial charge >= 0.3 is 0 Å². The summed E-state index contributed by atoms with van der Waals surface area (Å²) in [5, 5.41) is 1.09. The molecule has 0 saturated carbocycles. The highest BCUT2D eigenvalue weighted by Crippen LogP contribution is 2.35. The molecule has 0 radical (unpaired) electrons. The van der Waals surface area contributed by atoms with E-state index in [1.54, 1.807) is 0 Å². The van der Waals surface area contributed by atoms with Crippen LogP contribution in [0.1, 0.15) is 36.8 Å². The van der Waals surface area contributed by atoms with Crippen LogP contribution in [0.15, 0.2) is 64.0 Å². The largest absolute Gasteiger partial charge is 0.453 e. The van der Waals surface area contributed by atoms with Crippen LogP contribution in [-0.2, 0) is 0 Å². The molecule has 3 aromatic rings. The van der Waals surface area contributed by atoms with Crippen molar-refractivity contribution < 1.29 is 4.42 Å². The molecular weight excluding hydrogens is 348 g/mol. The number of nitrogens with zero attached hydrogens (tertiary/aromatic N) is 3. The van der Waals surface area contributed by atoms with Gasteiger partial charge in [-0.15, -0.1) is 0 Å². The normalized spacial score (nSPS) is 22.5. The molecule has 0 bridgehead atoms. The topological polar surface area (TPSA) is 58.0 Å². The Balaban J connectivity index is 1.52. The maximum absolute atomic E-state index is 6.72. The highest BCUT2D eigenvalue weighted by atomic mass is 16.3. The Morgan fingerprint density at radius 2 is 1.96 bits per heavy atom. The van der Waals surface area contributed by atoms with Crippen LogP contribution in [0.5, 0.6) is 0 Å². The zero-order valence-electron chi connectivity index (χ0n) is 16.2. The fourth-order valence-corrected chi connectivity index (χ4v) is 4.48. The number of rotatable bonds is 4. The van der Waals surface area contributed by atoms with Gasteiger partial charge in [-0.3, -0.25) is 0 Å². The summed E-state index contributed by atoms with van der Waals surface area (Å²) in [4.78, 5) is 9.64. The Labute approximate surface area is 165 Å². The van der Waals surface area contributed by atoms with Crippen LogP contribution in [0, 0.1) is 0 Å². The Morgan fingerprint density at radius 3 is 2.79 bits per heavy atom. The number of fused-ring (bicyclic) bond motifs is 2. The number of hydrogen-bond donors (Lipinski definition) is 1. The highest BCUT2D eigenvalue weighted by molar-refractivity contribution is 6.02. The van der Waals surface area contributed by atoms with E-state index in [1.807, 2.05) is 36.4 Å². The fourth-order valence-electron chi connectivity index (χ4n) is 4.48. The average Bonchev–Trinajstić information content (AvgIpc) is 3.33. The molecule has 2 atom stereocenters. The second-order valence-electron chi connectivity index (χ2n) is 7.85. The van der Waals surface area contributed by atoms with Gasteiger partial charge in [0.05, 0.1) is 5.69 Å². The second kappa shape index (κ2) is 7.08. The molecule has 2 aliphatic heterocycles. The summed E-state index contributed by atoms with van der Waals surface area (Å²) in [6, 6.07) is 18.9. The van der Waals surface area contributed by atoms with Gasteiger partial charge in [-0.25, -0.2) is 4.99 Å². The molecule has 28 heavy (non-hydrogen) atoms. The minimum absolute atomic E-state index is 0.219. The van der Waals surface area contributed by atoms with Crippen molar-refractivity contribution in [3.8, 4) is 0 Å². The molecule has 1 aromatic heterocycles. The minimum Gasteiger partial charge on any atom is -0.453 e. The molecular formula is C23H26N4O. The quantitative estimate of drug-likeness (QED) is 0.741. The molecule has 0 amide bonds. The lowest BCUT2D eigenvalue weighted by Crippen LogP contribution is -2.44. The SMILES string of the molecule is CN1CCCC1CCN1C(c2cc3ccccc3o2)=Nc2ccccc2C1N. The first-order chi connectivity index (χ1) is 13.7. The van der Waals surface area contributed by atoms with E-state index >= 15 is 0 Å². The summed E-state index contributed by atoms with van der Waals surface area (Å²) in [6.07, 6.45) is 3.39. The van der Waals surface area contributed by atoms with E-state index in [9.17, 15) is 0 Å². The van der Waals surface area contributed by atoms with Crippen LogP contribution < -0.4 is 5.73 Å². The minimum atomic E-state index is -0.219. The molecule has 2 aromatic carbocycles. The second-order valence-corrected chi connectivity index (χ2v) is 7.85. The lowest BCUT2D eigenvalue weighted by Gasteiger charge is -2.36. The number of hydrogen-bond acceptors (Lipinski definition) is 5. The van der Waals surface area contributed by atoms with E-state index in [4.69, 9.17) is 15.1 Å². The van der Waals surface area contributed by atoms with Crippen LogP contribution in [-0.4, -0.2) is 41.8 Å². The number of benzene rings is 2.